The molecule has 3 unspecified atom stereocenters. The monoisotopic (exact) mass is 206 g/mol. The van der Waals surface area contributed by atoms with Gasteiger partial charge < -0.3 is 24.4 Å². The maximum atomic E-state index is 8.99. The topological polar surface area (TPSA) is 71.5 Å². The molecule has 0 aromatic rings. The van der Waals surface area contributed by atoms with Crippen molar-refractivity contribution in [2.75, 3.05) is 33.0 Å². The summed E-state index contributed by atoms with van der Waals surface area (Å²) < 4.78 is 15.5. The Labute approximate surface area is 83.6 Å². The van der Waals surface area contributed by atoms with E-state index >= 15 is 0 Å². The van der Waals surface area contributed by atoms with E-state index in [1.165, 1.54) is 0 Å². The van der Waals surface area contributed by atoms with Crippen LogP contribution in [0.2, 0.25) is 0 Å². The van der Waals surface area contributed by atoms with Gasteiger partial charge in [-0.25, -0.2) is 0 Å². The normalized spacial score (nSPS) is 24.6. The minimum Gasteiger partial charge on any atom is -0.394 e. The van der Waals surface area contributed by atoms with E-state index in [-0.39, 0.29) is 25.4 Å². The standard InChI is InChI=1S/C9H18O5/c1-7(13-4-8(11)2-10)3-12-5-9-6-14-9/h7-11H,2-6H2,1H3. The largest absolute Gasteiger partial charge is 0.394 e. The maximum absolute atomic E-state index is 8.99. The fraction of sp³-hybridized carbons (Fsp3) is 1.00. The average Bonchev–Trinajstić information content (AvgIpc) is 2.98. The summed E-state index contributed by atoms with van der Waals surface area (Å²) in [7, 11) is 0. The van der Waals surface area contributed by atoms with Crippen LogP contribution in [0.15, 0.2) is 0 Å². The summed E-state index contributed by atoms with van der Waals surface area (Å²) in [5, 5.41) is 17.5. The first kappa shape index (κ1) is 11.9. The van der Waals surface area contributed by atoms with E-state index in [2.05, 4.69) is 0 Å². The molecule has 0 amide bonds. The predicted molar refractivity (Wildman–Crippen MR) is 49.1 cm³/mol. The van der Waals surface area contributed by atoms with Gasteiger partial charge in [-0.2, -0.15) is 0 Å². The molecule has 14 heavy (non-hydrogen) atoms. The summed E-state index contributed by atoms with van der Waals surface area (Å²) >= 11 is 0. The van der Waals surface area contributed by atoms with Crippen LogP contribution in [-0.2, 0) is 14.2 Å². The van der Waals surface area contributed by atoms with Crippen LogP contribution in [0.4, 0.5) is 0 Å². The third-order valence-electron chi connectivity index (χ3n) is 1.84. The van der Waals surface area contributed by atoms with E-state index < -0.39 is 6.10 Å². The molecule has 1 rings (SSSR count). The molecule has 84 valence electrons. The molecular weight excluding hydrogens is 188 g/mol. The van der Waals surface area contributed by atoms with Gasteiger partial charge in [-0.05, 0) is 6.92 Å². The Balaban J connectivity index is 1.89. The summed E-state index contributed by atoms with van der Waals surface area (Å²) in [6.45, 7) is 3.61. The van der Waals surface area contributed by atoms with Crippen LogP contribution in [0.5, 0.6) is 0 Å². The van der Waals surface area contributed by atoms with Crippen LogP contribution in [0, 0.1) is 0 Å². The molecule has 0 saturated carbocycles. The van der Waals surface area contributed by atoms with Crippen LogP contribution in [-0.4, -0.2) is 61.6 Å². The zero-order valence-electron chi connectivity index (χ0n) is 8.39. The van der Waals surface area contributed by atoms with E-state index in [0.29, 0.717) is 13.2 Å². The Hall–Kier alpha value is -0.200. The summed E-state index contributed by atoms with van der Waals surface area (Å²) in [6.07, 6.45) is -0.607. The summed E-state index contributed by atoms with van der Waals surface area (Å²) in [6, 6.07) is 0. The van der Waals surface area contributed by atoms with Gasteiger partial charge >= 0.3 is 0 Å². The lowest BCUT2D eigenvalue weighted by molar-refractivity contribution is -0.0533. The highest BCUT2D eigenvalue weighted by Crippen LogP contribution is 2.08. The SMILES string of the molecule is CC(COCC1CO1)OCC(O)CO. The van der Waals surface area contributed by atoms with Gasteiger partial charge in [0.1, 0.15) is 12.2 Å². The molecule has 5 nitrogen and oxygen atoms in total. The van der Waals surface area contributed by atoms with Gasteiger partial charge in [0.25, 0.3) is 0 Å². The lowest BCUT2D eigenvalue weighted by Gasteiger charge is -2.14. The first-order valence-electron chi connectivity index (χ1n) is 4.82. The molecule has 2 N–H and O–H groups in total. The minimum atomic E-state index is -0.802. The molecule has 0 bridgehead atoms. The van der Waals surface area contributed by atoms with E-state index in [0.717, 1.165) is 6.61 Å². The molecule has 0 aromatic carbocycles. The molecule has 0 aliphatic carbocycles. The average molecular weight is 206 g/mol. The second-order valence-electron chi connectivity index (χ2n) is 3.47. The molecule has 0 aromatic heterocycles. The number of ether oxygens (including phenoxy) is 3. The molecule has 1 saturated heterocycles. The molecule has 0 spiro atoms. The van der Waals surface area contributed by atoms with Crippen LogP contribution >= 0.6 is 0 Å². The van der Waals surface area contributed by atoms with E-state index in [1.54, 1.807) is 0 Å². The summed E-state index contributed by atoms with van der Waals surface area (Å²) in [5.41, 5.74) is 0. The first-order valence-corrected chi connectivity index (χ1v) is 4.82. The third-order valence-corrected chi connectivity index (χ3v) is 1.84. The Morgan fingerprint density at radius 1 is 1.50 bits per heavy atom. The van der Waals surface area contributed by atoms with Gasteiger partial charge in [-0.1, -0.05) is 0 Å². The van der Waals surface area contributed by atoms with E-state index in [1.807, 2.05) is 6.92 Å². The van der Waals surface area contributed by atoms with Gasteiger partial charge in [0.2, 0.25) is 0 Å². The van der Waals surface area contributed by atoms with Gasteiger partial charge in [-0.3, -0.25) is 0 Å². The van der Waals surface area contributed by atoms with Crippen molar-refractivity contribution in [3.63, 3.8) is 0 Å². The van der Waals surface area contributed by atoms with Crippen molar-refractivity contribution in [1.29, 1.82) is 0 Å². The fourth-order valence-electron chi connectivity index (χ4n) is 0.906. The quantitative estimate of drug-likeness (QED) is 0.507. The number of hydrogen-bond acceptors (Lipinski definition) is 5. The number of rotatable bonds is 8. The van der Waals surface area contributed by atoms with Crippen molar-refractivity contribution in [2.45, 2.75) is 25.2 Å². The van der Waals surface area contributed by atoms with Gasteiger partial charge in [0.05, 0.1) is 39.1 Å². The zero-order valence-corrected chi connectivity index (χ0v) is 8.39. The summed E-state index contributed by atoms with van der Waals surface area (Å²) in [4.78, 5) is 0. The second-order valence-corrected chi connectivity index (χ2v) is 3.47. The van der Waals surface area contributed by atoms with Crippen molar-refractivity contribution >= 4 is 0 Å². The van der Waals surface area contributed by atoms with Crippen LogP contribution < -0.4 is 0 Å². The highest BCUT2D eigenvalue weighted by molar-refractivity contribution is 4.67. The molecule has 1 aliphatic heterocycles. The molecule has 1 aliphatic rings. The maximum Gasteiger partial charge on any atom is 0.104 e. The zero-order chi connectivity index (χ0) is 10.4. The van der Waals surface area contributed by atoms with Crippen LogP contribution in [0.25, 0.3) is 0 Å². The van der Waals surface area contributed by atoms with Gasteiger partial charge in [-0.15, -0.1) is 0 Å². The highest BCUT2D eigenvalue weighted by atomic mass is 16.6. The lowest BCUT2D eigenvalue weighted by atomic mass is 10.4. The molecule has 1 fully saturated rings. The summed E-state index contributed by atoms with van der Waals surface area (Å²) in [5.74, 6) is 0. The Kier molecular flexibility index (Phi) is 5.36. The van der Waals surface area contributed by atoms with E-state index in [4.69, 9.17) is 24.4 Å². The minimum absolute atomic E-state index is 0.0741. The molecule has 3 atom stereocenters. The van der Waals surface area contributed by atoms with Crippen LogP contribution in [0.1, 0.15) is 6.92 Å². The van der Waals surface area contributed by atoms with Crippen molar-refractivity contribution in [3.8, 4) is 0 Å². The van der Waals surface area contributed by atoms with Crippen molar-refractivity contribution < 1.29 is 24.4 Å². The second kappa shape index (κ2) is 6.31. The van der Waals surface area contributed by atoms with E-state index in [9.17, 15) is 0 Å². The number of aliphatic hydroxyl groups excluding tert-OH is 2. The van der Waals surface area contributed by atoms with Crippen LogP contribution in [0.3, 0.4) is 0 Å². The Morgan fingerprint density at radius 2 is 2.21 bits per heavy atom. The fourth-order valence-corrected chi connectivity index (χ4v) is 0.906. The lowest BCUT2D eigenvalue weighted by Crippen LogP contribution is -2.25. The van der Waals surface area contributed by atoms with Crippen molar-refractivity contribution in [3.05, 3.63) is 0 Å². The number of aliphatic hydroxyl groups is 2. The molecule has 5 heteroatoms. The van der Waals surface area contributed by atoms with Crippen molar-refractivity contribution in [1.82, 2.24) is 0 Å². The first-order chi connectivity index (χ1) is 6.72. The third kappa shape index (κ3) is 5.51. The molecule has 0 radical (unpaired) electrons. The molecular formula is C9H18O5. The molecule has 1 heterocycles. The highest BCUT2D eigenvalue weighted by Gasteiger charge is 2.22. The smallest absolute Gasteiger partial charge is 0.104 e. The van der Waals surface area contributed by atoms with Crippen molar-refractivity contribution in [2.24, 2.45) is 0 Å². The number of epoxide rings is 1. The Morgan fingerprint density at radius 3 is 2.79 bits per heavy atom. The van der Waals surface area contributed by atoms with Gasteiger partial charge in [0, 0.05) is 0 Å². The predicted octanol–water partition coefficient (Wildman–Crippen LogP) is -0.840. The Bertz CT molecular complexity index is 148. The number of hydrogen-bond donors (Lipinski definition) is 2. The van der Waals surface area contributed by atoms with Gasteiger partial charge in [0.15, 0.2) is 0 Å².